The summed E-state index contributed by atoms with van der Waals surface area (Å²) < 4.78 is 8.87. The maximum Gasteiger partial charge on any atom is 0.291 e. The summed E-state index contributed by atoms with van der Waals surface area (Å²) in [7, 11) is 9.62. The van der Waals surface area contributed by atoms with E-state index in [2.05, 4.69) is 62.8 Å². The highest BCUT2D eigenvalue weighted by Crippen LogP contribution is 2.18. The number of ketones is 1. The predicted octanol–water partition coefficient (Wildman–Crippen LogP) is 1.03. The van der Waals surface area contributed by atoms with Gasteiger partial charge in [-0.2, -0.15) is 0 Å². The number of hydrogen-bond donors (Lipinski definition) is 9. The molecule has 0 unspecified atom stereocenters. The summed E-state index contributed by atoms with van der Waals surface area (Å²) in [5.41, 5.74) is 1.33. The number of Topliss-reactive ketones (excluding diaryl/α,β-unsaturated/α-hetero) is 1. The largest absolute Gasteiger partial charge is 0.350 e. The van der Waals surface area contributed by atoms with E-state index in [1.807, 2.05) is 0 Å². The average Bonchev–Trinajstić information content (AvgIpc) is 4.22. The number of carbonyl (C=O) groups is 10. The fourth-order valence-electron chi connectivity index (χ4n) is 7.42. The average molecular weight is 1050 g/mol. The number of anilines is 5. The second-order valence-electron chi connectivity index (χ2n) is 17.8. The molecular weight excluding hydrogens is 989 g/mol. The molecule has 0 aliphatic carbocycles. The molecule has 402 valence electrons. The molecule has 0 aliphatic heterocycles. The summed E-state index contributed by atoms with van der Waals surface area (Å²) in [5, 5.41) is 23.8. The summed E-state index contributed by atoms with van der Waals surface area (Å²) >= 11 is 0. The molecular formula is C48H60N18O10. The van der Waals surface area contributed by atoms with Gasteiger partial charge in [-0.25, -0.2) is 15.0 Å². The Morgan fingerprint density at radius 2 is 0.776 bits per heavy atom. The highest BCUT2D eigenvalue weighted by atomic mass is 16.2. The predicted molar refractivity (Wildman–Crippen MR) is 275 cm³/mol. The SMILES string of the molecule is CC(C)C(=O)CCNC(=O)c1nc(NC(=O)CCNC(=O)c2cc(NC(=O)c3nc(NC(=O)CCNC(=O)c4cc(NC(=O)c5nc(NC(=O)CCNC(=O)c6cccn6C)cn5C)cn4C)cn3C)cn2C)cn1C. The van der Waals surface area contributed by atoms with Crippen molar-refractivity contribution in [2.75, 3.05) is 52.8 Å². The lowest BCUT2D eigenvalue weighted by Crippen LogP contribution is -2.29. The van der Waals surface area contributed by atoms with Crippen molar-refractivity contribution in [3.05, 3.63) is 96.0 Å². The van der Waals surface area contributed by atoms with Crippen LogP contribution in [0.1, 0.15) is 103 Å². The lowest BCUT2D eigenvalue weighted by Gasteiger charge is -2.06. The van der Waals surface area contributed by atoms with Gasteiger partial charge in [0.25, 0.3) is 35.4 Å². The third kappa shape index (κ3) is 14.8. The van der Waals surface area contributed by atoms with Gasteiger partial charge in [0.05, 0.1) is 11.4 Å². The van der Waals surface area contributed by atoms with Crippen molar-refractivity contribution in [3.8, 4) is 0 Å². The van der Waals surface area contributed by atoms with Gasteiger partial charge in [-0.1, -0.05) is 13.8 Å². The van der Waals surface area contributed by atoms with Crippen molar-refractivity contribution in [2.24, 2.45) is 48.2 Å². The molecule has 6 rings (SSSR count). The van der Waals surface area contributed by atoms with Crippen LogP contribution >= 0.6 is 0 Å². The van der Waals surface area contributed by atoms with E-state index in [1.165, 1.54) is 66.0 Å². The Balaban J connectivity index is 0.895. The molecule has 0 aromatic carbocycles. The number of aromatic nitrogens is 9. The van der Waals surface area contributed by atoms with E-state index < -0.39 is 47.3 Å². The standard InChI is InChI=1S/C48H60N18O10/c1-27(2)33(67)11-15-52-46(74)40-58-34(24-64(40)6)55-38(69)13-17-50-44(72)31-20-28(22-62(31)4)54-48(76)42-60-36(26-66(42)8)57-39(70)14-18-51-45(73)32-21-29(23-63(32)5)53-47(75)41-59-35(25-65(41)7)56-37(68)12-16-49-43(71)30-10-9-19-61(30)3/h9-10,19-27H,11-18H2,1-8H3,(H,49,71)(H,50,72)(H,51,73)(H,52,74)(H,53,75)(H,54,76)(H,55,69)(H,56,68)(H,57,70). The van der Waals surface area contributed by atoms with Crippen LogP contribution in [0.3, 0.4) is 0 Å². The summed E-state index contributed by atoms with van der Waals surface area (Å²) in [5.74, 6) is -4.42. The van der Waals surface area contributed by atoms with E-state index in [9.17, 15) is 47.9 Å². The molecule has 6 heterocycles. The molecule has 0 atom stereocenters. The minimum Gasteiger partial charge on any atom is -0.350 e. The molecule has 0 saturated carbocycles. The van der Waals surface area contributed by atoms with E-state index in [0.29, 0.717) is 5.69 Å². The zero-order chi connectivity index (χ0) is 55.4. The van der Waals surface area contributed by atoms with Gasteiger partial charge in [-0.15, -0.1) is 0 Å². The number of nitrogens with one attached hydrogen (secondary N) is 9. The number of imidazole rings is 3. The number of rotatable bonds is 24. The van der Waals surface area contributed by atoms with E-state index in [4.69, 9.17) is 0 Å². The third-order valence-electron chi connectivity index (χ3n) is 11.4. The first kappa shape index (κ1) is 55.7. The van der Waals surface area contributed by atoms with Crippen LogP contribution in [-0.2, 0) is 61.5 Å². The summed E-state index contributed by atoms with van der Waals surface area (Å²) in [4.78, 5) is 140. The molecule has 9 N–H and O–H groups in total. The third-order valence-corrected chi connectivity index (χ3v) is 11.4. The van der Waals surface area contributed by atoms with Gasteiger partial charge in [0.1, 0.15) is 22.9 Å². The zero-order valence-electron chi connectivity index (χ0n) is 43.1. The normalized spacial score (nSPS) is 10.9. The molecule has 0 saturated heterocycles. The van der Waals surface area contributed by atoms with Crippen LogP contribution in [0.5, 0.6) is 0 Å². The van der Waals surface area contributed by atoms with Crippen LogP contribution in [0.25, 0.3) is 0 Å². The van der Waals surface area contributed by atoms with Crippen molar-refractivity contribution < 1.29 is 47.9 Å². The van der Waals surface area contributed by atoms with E-state index in [0.717, 1.165) is 0 Å². The van der Waals surface area contributed by atoms with Crippen LogP contribution in [0.2, 0.25) is 0 Å². The highest BCUT2D eigenvalue weighted by molar-refractivity contribution is 6.05. The molecule has 76 heavy (non-hydrogen) atoms. The minimum absolute atomic E-state index is 0.0177. The van der Waals surface area contributed by atoms with Crippen LogP contribution in [0.4, 0.5) is 28.8 Å². The monoisotopic (exact) mass is 1050 g/mol. The Morgan fingerprint density at radius 1 is 0.421 bits per heavy atom. The van der Waals surface area contributed by atoms with Crippen molar-refractivity contribution in [1.82, 2.24) is 63.6 Å². The molecule has 0 aliphatic rings. The Bertz CT molecular complexity index is 3200. The quantitative estimate of drug-likeness (QED) is 0.0410. The molecule has 0 bridgehead atoms. The Labute approximate surface area is 434 Å². The second kappa shape index (κ2) is 24.9. The highest BCUT2D eigenvalue weighted by Gasteiger charge is 2.22. The first-order valence-corrected chi connectivity index (χ1v) is 23.8. The molecule has 0 radical (unpaired) electrons. The van der Waals surface area contributed by atoms with Gasteiger partial charge in [0, 0.05) is 137 Å². The van der Waals surface area contributed by atoms with Gasteiger partial charge >= 0.3 is 0 Å². The molecule has 0 spiro atoms. The number of amides is 9. The lowest BCUT2D eigenvalue weighted by atomic mass is 10.1. The van der Waals surface area contributed by atoms with E-state index in [-0.39, 0.29) is 127 Å². The molecule has 6 aromatic rings. The maximum atomic E-state index is 13.2. The Hall–Kier alpha value is -9.63. The van der Waals surface area contributed by atoms with Crippen LogP contribution in [0.15, 0.2) is 61.4 Å². The van der Waals surface area contributed by atoms with Gasteiger partial charge in [-0.05, 0) is 24.3 Å². The molecule has 9 amide bonds. The topological polar surface area (TPSA) is 347 Å². The van der Waals surface area contributed by atoms with Crippen molar-refractivity contribution in [2.45, 2.75) is 39.5 Å². The van der Waals surface area contributed by atoms with Crippen LogP contribution in [-0.4, -0.2) is 127 Å². The Kier molecular flexibility index (Phi) is 18.2. The van der Waals surface area contributed by atoms with Gasteiger partial charge in [-0.3, -0.25) is 47.9 Å². The number of carbonyl (C=O) groups excluding carboxylic acids is 10. The molecule has 28 nitrogen and oxygen atoms in total. The lowest BCUT2D eigenvalue weighted by molar-refractivity contribution is -0.122. The number of aryl methyl sites for hydroxylation is 6. The van der Waals surface area contributed by atoms with Crippen molar-refractivity contribution in [3.63, 3.8) is 0 Å². The van der Waals surface area contributed by atoms with Gasteiger partial charge in [0.2, 0.25) is 35.2 Å². The summed E-state index contributed by atoms with van der Waals surface area (Å²) in [6, 6.07) is 6.26. The first-order chi connectivity index (χ1) is 36.1. The van der Waals surface area contributed by atoms with Crippen LogP contribution in [0, 0.1) is 5.92 Å². The fraction of sp³-hybridized carbons (Fsp3) is 0.354. The van der Waals surface area contributed by atoms with E-state index in [1.54, 1.807) is 79.0 Å². The maximum absolute atomic E-state index is 13.2. The molecule has 28 heteroatoms. The number of nitrogens with zero attached hydrogens (tertiary/aromatic N) is 9. The summed E-state index contributed by atoms with van der Waals surface area (Å²) in [6.45, 7) is 3.67. The fourth-order valence-corrected chi connectivity index (χ4v) is 7.42. The minimum atomic E-state index is -0.646. The van der Waals surface area contributed by atoms with Gasteiger partial charge in [0.15, 0.2) is 17.5 Å². The number of hydrogen-bond acceptors (Lipinski definition) is 13. The zero-order valence-corrected chi connectivity index (χ0v) is 43.1. The van der Waals surface area contributed by atoms with Crippen molar-refractivity contribution in [1.29, 1.82) is 0 Å². The van der Waals surface area contributed by atoms with Crippen molar-refractivity contribution >= 4 is 87.8 Å². The smallest absolute Gasteiger partial charge is 0.291 e. The Morgan fingerprint density at radius 3 is 1.14 bits per heavy atom. The molecule has 6 aromatic heterocycles. The summed E-state index contributed by atoms with van der Waals surface area (Å²) in [6.07, 6.45) is 8.97. The molecule has 0 fully saturated rings. The van der Waals surface area contributed by atoms with Crippen LogP contribution < -0.4 is 47.9 Å². The van der Waals surface area contributed by atoms with E-state index >= 15 is 0 Å². The second-order valence-corrected chi connectivity index (χ2v) is 17.8. The first-order valence-electron chi connectivity index (χ1n) is 23.8. The van der Waals surface area contributed by atoms with Gasteiger partial charge < -0.3 is 75.3 Å².